The van der Waals surface area contributed by atoms with E-state index in [1.54, 1.807) is 0 Å². The molecule has 0 aromatic carbocycles. The molecular weight excluding hydrogens is 212 g/mol. The number of carbonyl (C=O) groups is 2. The molecule has 0 spiro atoms. The molecule has 1 amide bonds. The van der Waals surface area contributed by atoms with Crippen LogP contribution in [0.1, 0.15) is 19.8 Å². The van der Waals surface area contributed by atoms with Crippen LogP contribution >= 0.6 is 0 Å². The number of hydrogen-bond donors (Lipinski definition) is 2. The van der Waals surface area contributed by atoms with Crippen LogP contribution in [0.3, 0.4) is 0 Å². The Morgan fingerprint density at radius 2 is 2.12 bits per heavy atom. The normalized spacial score (nSPS) is 12.2. The number of carboxylic acids is 1. The summed E-state index contributed by atoms with van der Waals surface area (Å²) in [5, 5.41) is 8.66. The van der Waals surface area contributed by atoms with E-state index in [4.69, 9.17) is 15.6 Å². The molecule has 0 fully saturated rings. The van der Waals surface area contributed by atoms with Crippen LogP contribution in [-0.4, -0.2) is 54.7 Å². The van der Waals surface area contributed by atoms with Crippen molar-refractivity contribution in [2.75, 3.05) is 26.7 Å². The van der Waals surface area contributed by atoms with Crippen LogP contribution in [0.2, 0.25) is 0 Å². The summed E-state index contributed by atoms with van der Waals surface area (Å²) in [4.78, 5) is 23.6. The number of methoxy groups -OCH3 is 1. The molecule has 1 unspecified atom stereocenters. The van der Waals surface area contributed by atoms with Gasteiger partial charge in [-0.15, -0.1) is 0 Å². The van der Waals surface area contributed by atoms with Crippen molar-refractivity contribution in [3.63, 3.8) is 0 Å². The minimum atomic E-state index is -1.01. The molecule has 0 aromatic rings. The van der Waals surface area contributed by atoms with Gasteiger partial charge in [-0.25, -0.2) is 0 Å². The van der Waals surface area contributed by atoms with Crippen LogP contribution in [0.5, 0.6) is 0 Å². The van der Waals surface area contributed by atoms with Crippen LogP contribution in [0, 0.1) is 0 Å². The largest absolute Gasteiger partial charge is 0.480 e. The number of aliphatic carboxylic acids is 1. The molecule has 6 heteroatoms. The number of nitrogens with zero attached hydrogens (tertiary/aromatic N) is 1. The van der Waals surface area contributed by atoms with Gasteiger partial charge in [0.15, 0.2) is 0 Å². The van der Waals surface area contributed by atoms with Crippen LogP contribution in [0.4, 0.5) is 0 Å². The summed E-state index contributed by atoms with van der Waals surface area (Å²) in [6.07, 6.45) is 0.500. The Bertz CT molecular complexity index is 229. The van der Waals surface area contributed by atoms with Crippen molar-refractivity contribution in [2.45, 2.75) is 25.9 Å². The van der Waals surface area contributed by atoms with E-state index in [-0.39, 0.29) is 31.5 Å². The zero-order valence-electron chi connectivity index (χ0n) is 9.81. The summed E-state index contributed by atoms with van der Waals surface area (Å²) in [6.45, 7) is 2.30. The predicted molar refractivity (Wildman–Crippen MR) is 59.0 cm³/mol. The summed E-state index contributed by atoms with van der Waals surface area (Å²) < 4.78 is 4.98. The van der Waals surface area contributed by atoms with Gasteiger partial charge in [-0.1, -0.05) is 6.92 Å². The second kappa shape index (κ2) is 8.06. The maximum atomic E-state index is 11.7. The van der Waals surface area contributed by atoms with E-state index in [0.29, 0.717) is 6.54 Å². The van der Waals surface area contributed by atoms with Gasteiger partial charge in [0.25, 0.3) is 0 Å². The molecule has 0 saturated heterocycles. The number of carboxylic acid groups (broad SMARTS) is 1. The first kappa shape index (κ1) is 14.9. The third-order valence-electron chi connectivity index (χ3n) is 2.17. The van der Waals surface area contributed by atoms with Crippen molar-refractivity contribution < 1.29 is 19.4 Å². The van der Waals surface area contributed by atoms with Crippen molar-refractivity contribution in [3.05, 3.63) is 0 Å². The molecule has 0 aromatic heterocycles. The minimum absolute atomic E-state index is 0.125. The van der Waals surface area contributed by atoms with E-state index >= 15 is 0 Å². The van der Waals surface area contributed by atoms with E-state index in [2.05, 4.69) is 0 Å². The second-order valence-corrected chi connectivity index (χ2v) is 3.51. The van der Waals surface area contributed by atoms with Crippen molar-refractivity contribution >= 4 is 11.9 Å². The number of hydrogen-bond acceptors (Lipinski definition) is 4. The molecule has 16 heavy (non-hydrogen) atoms. The first-order chi connectivity index (χ1) is 7.54. The van der Waals surface area contributed by atoms with Crippen molar-refractivity contribution in [2.24, 2.45) is 5.73 Å². The Balaban J connectivity index is 4.30. The Hall–Kier alpha value is -1.14. The third kappa shape index (κ3) is 5.67. The molecular formula is C10H20N2O4. The zero-order chi connectivity index (χ0) is 12.6. The van der Waals surface area contributed by atoms with Crippen LogP contribution < -0.4 is 5.73 Å². The molecule has 0 saturated carbocycles. The lowest BCUT2D eigenvalue weighted by atomic mass is 10.2. The summed E-state index contributed by atoms with van der Waals surface area (Å²) in [6, 6.07) is 0. The number of rotatable bonds is 8. The van der Waals surface area contributed by atoms with Crippen molar-refractivity contribution in [3.8, 4) is 0 Å². The minimum Gasteiger partial charge on any atom is -0.480 e. The van der Waals surface area contributed by atoms with E-state index < -0.39 is 5.97 Å². The lowest BCUT2D eigenvalue weighted by Gasteiger charge is -2.22. The van der Waals surface area contributed by atoms with Gasteiger partial charge in [0.05, 0.1) is 12.5 Å². The van der Waals surface area contributed by atoms with Gasteiger partial charge in [0.1, 0.15) is 6.54 Å². The number of nitrogens with two attached hydrogens (primary N) is 1. The monoisotopic (exact) mass is 232 g/mol. The molecule has 3 N–H and O–H groups in total. The van der Waals surface area contributed by atoms with Gasteiger partial charge in [0, 0.05) is 20.2 Å². The molecule has 0 heterocycles. The molecule has 94 valence electrons. The fourth-order valence-corrected chi connectivity index (χ4v) is 1.31. The third-order valence-corrected chi connectivity index (χ3v) is 2.17. The highest BCUT2D eigenvalue weighted by Gasteiger charge is 2.19. The highest BCUT2D eigenvalue weighted by molar-refractivity contribution is 5.81. The van der Waals surface area contributed by atoms with Gasteiger partial charge >= 0.3 is 5.97 Å². The van der Waals surface area contributed by atoms with E-state index in [9.17, 15) is 9.59 Å². The Kier molecular flexibility index (Phi) is 7.49. The first-order valence-corrected chi connectivity index (χ1v) is 5.27. The highest BCUT2D eigenvalue weighted by atomic mass is 16.5. The van der Waals surface area contributed by atoms with Gasteiger partial charge in [0.2, 0.25) is 5.91 Å². The smallest absolute Gasteiger partial charge is 0.323 e. The molecule has 0 bridgehead atoms. The SMILES string of the molecule is CCCN(CC(=O)O)C(=O)CC(CN)OC. The molecule has 0 aliphatic heterocycles. The van der Waals surface area contributed by atoms with Crippen molar-refractivity contribution in [1.82, 2.24) is 4.90 Å². The fraction of sp³-hybridized carbons (Fsp3) is 0.800. The number of amides is 1. The molecule has 0 radical (unpaired) electrons. The van der Waals surface area contributed by atoms with E-state index in [1.807, 2.05) is 6.92 Å². The van der Waals surface area contributed by atoms with Gasteiger partial charge < -0.3 is 20.5 Å². The molecule has 0 aliphatic rings. The number of carbonyl (C=O) groups excluding carboxylic acids is 1. The number of ether oxygens (including phenoxy) is 1. The summed E-state index contributed by atoms with van der Waals surface area (Å²) in [7, 11) is 1.48. The molecule has 0 rings (SSSR count). The van der Waals surface area contributed by atoms with Crippen LogP contribution in [-0.2, 0) is 14.3 Å². The highest BCUT2D eigenvalue weighted by Crippen LogP contribution is 2.02. The topological polar surface area (TPSA) is 92.9 Å². The average Bonchev–Trinajstić information content (AvgIpc) is 2.24. The first-order valence-electron chi connectivity index (χ1n) is 5.27. The van der Waals surface area contributed by atoms with Gasteiger partial charge in [-0.05, 0) is 6.42 Å². The van der Waals surface area contributed by atoms with Crippen LogP contribution in [0.15, 0.2) is 0 Å². The standard InChI is InChI=1S/C10H20N2O4/c1-3-4-12(7-10(14)15)9(13)5-8(6-11)16-2/h8H,3-7,11H2,1-2H3,(H,14,15). The predicted octanol–water partition coefficient (Wildman–Crippen LogP) is -0.327. The average molecular weight is 232 g/mol. The zero-order valence-corrected chi connectivity index (χ0v) is 9.81. The Morgan fingerprint density at radius 3 is 2.50 bits per heavy atom. The molecule has 0 aliphatic carbocycles. The lowest BCUT2D eigenvalue weighted by molar-refractivity contribution is -0.145. The van der Waals surface area contributed by atoms with Gasteiger partial charge in [-0.3, -0.25) is 9.59 Å². The summed E-state index contributed by atoms with van der Waals surface area (Å²) in [5.41, 5.74) is 5.39. The van der Waals surface area contributed by atoms with E-state index in [1.165, 1.54) is 12.0 Å². The Morgan fingerprint density at radius 1 is 1.50 bits per heavy atom. The fourth-order valence-electron chi connectivity index (χ4n) is 1.31. The maximum Gasteiger partial charge on any atom is 0.323 e. The molecule has 1 atom stereocenters. The quantitative estimate of drug-likeness (QED) is 0.598. The molecule has 6 nitrogen and oxygen atoms in total. The Labute approximate surface area is 95.4 Å². The summed E-state index contributed by atoms with van der Waals surface area (Å²) >= 11 is 0. The van der Waals surface area contributed by atoms with Crippen LogP contribution in [0.25, 0.3) is 0 Å². The lowest BCUT2D eigenvalue weighted by Crippen LogP contribution is -2.39. The van der Waals surface area contributed by atoms with Gasteiger partial charge in [-0.2, -0.15) is 0 Å². The van der Waals surface area contributed by atoms with E-state index in [0.717, 1.165) is 6.42 Å². The summed E-state index contributed by atoms with van der Waals surface area (Å²) in [5.74, 6) is -1.25. The second-order valence-electron chi connectivity index (χ2n) is 3.51. The maximum absolute atomic E-state index is 11.7. The van der Waals surface area contributed by atoms with Crippen molar-refractivity contribution in [1.29, 1.82) is 0 Å².